The number of ether oxygens (including phenoxy) is 1. The van der Waals surface area contributed by atoms with Gasteiger partial charge in [0.1, 0.15) is 5.75 Å². The third kappa shape index (κ3) is 3.42. The number of hydrogen-bond acceptors (Lipinski definition) is 4. The second kappa shape index (κ2) is 6.26. The van der Waals surface area contributed by atoms with Crippen molar-refractivity contribution >= 4 is 21.6 Å². The van der Waals surface area contributed by atoms with E-state index in [1.165, 1.54) is 0 Å². The summed E-state index contributed by atoms with van der Waals surface area (Å²) in [5, 5.41) is 2.70. The summed E-state index contributed by atoms with van der Waals surface area (Å²) in [4.78, 5) is 11.5. The van der Waals surface area contributed by atoms with Gasteiger partial charge in [0.25, 0.3) is 5.91 Å². The van der Waals surface area contributed by atoms with Gasteiger partial charge in [-0.15, -0.1) is 0 Å². The second-order valence-electron chi connectivity index (χ2n) is 5.76. The van der Waals surface area contributed by atoms with Gasteiger partial charge in [-0.05, 0) is 43.2 Å². The van der Waals surface area contributed by atoms with Gasteiger partial charge in [-0.25, -0.2) is 13.1 Å². The highest BCUT2D eigenvalue weighted by molar-refractivity contribution is 7.89. The summed E-state index contributed by atoms with van der Waals surface area (Å²) in [6, 6.07) is 10.4. The highest BCUT2D eigenvalue weighted by Gasteiger charge is 2.18. The van der Waals surface area contributed by atoms with E-state index >= 15 is 0 Å². The Labute approximate surface area is 140 Å². The maximum absolute atomic E-state index is 12.5. The predicted octanol–water partition coefficient (Wildman–Crippen LogP) is 2.11. The molecule has 3 rings (SSSR count). The van der Waals surface area contributed by atoms with Crippen LogP contribution in [0, 0.1) is 13.8 Å². The quantitative estimate of drug-likeness (QED) is 0.888. The molecule has 1 heterocycles. The lowest BCUT2D eigenvalue weighted by Gasteiger charge is -2.18. The van der Waals surface area contributed by atoms with Crippen LogP contribution in [0.25, 0.3) is 0 Å². The van der Waals surface area contributed by atoms with Crippen LogP contribution in [-0.2, 0) is 21.4 Å². The molecule has 126 valence electrons. The summed E-state index contributed by atoms with van der Waals surface area (Å²) >= 11 is 0. The highest BCUT2D eigenvalue weighted by atomic mass is 32.2. The zero-order valence-corrected chi connectivity index (χ0v) is 14.2. The van der Waals surface area contributed by atoms with Crippen molar-refractivity contribution in [2.45, 2.75) is 25.3 Å². The van der Waals surface area contributed by atoms with Crippen LogP contribution in [0.15, 0.2) is 41.3 Å². The molecule has 0 aliphatic carbocycles. The summed E-state index contributed by atoms with van der Waals surface area (Å²) in [6.45, 7) is 3.80. The van der Waals surface area contributed by atoms with Crippen molar-refractivity contribution in [1.29, 1.82) is 0 Å². The Morgan fingerprint density at radius 3 is 2.71 bits per heavy atom. The first-order chi connectivity index (χ1) is 11.3. The molecular formula is C17H18N2O4S. The van der Waals surface area contributed by atoms with E-state index in [1.54, 1.807) is 37.3 Å². The smallest absolute Gasteiger partial charge is 0.262 e. The van der Waals surface area contributed by atoms with Crippen LogP contribution < -0.4 is 14.8 Å². The molecule has 1 aliphatic rings. The van der Waals surface area contributed by atoms with E-state index in [0.717, 1.165) is 11.1 Å². The summed E-state index contributed by atoms with van der Waals surface area (Å²) in [5.41, 5.74) is 3.06. The van der Waals surface area contributed by atoms with Crippen molar-refractivity contribution in [2.75, 3.05) is 11.9 Å². The van der Waals surface area contributed by atoms with Crippen molar-refractivity contribution in [3.8, 4) is 5.75 Å². The molecule has 0 saturated heterocycles. The predicted molar refractivity (Wildman–Crippen MR) is 90.5 cm³/mol. The minimum atomic E-state index is -3.60. The number of amides is 1. The van der Waals surface area contributed by atoms with Gasteiger partial charge < -0.3 is 10.1 Å². The van der Waals surface area contributed by atoms with Gasteiger partial charge >= 0.3 is 0 Å². The SMILES string of the molecule is Cc1ccc(S(=O)(=O)NCc2ccc3c(c2)OCC(=O)N3)c(C)c1. The number of benzene rings is 2. The second-order valence-corrected chi connectivity index (χ2v) is 7.50. The first-order valence-corrected chi connectivity index (χ1v) is 8.96. The van der Waals surface area contributed by atoms with Crippen LogP contribution in [0.3, 0.4) is 0 Å². The van der Waals surface area contributed by atoms with Crippen LogP contribution in [0.2, 0.25) is 0 Å². The van der Waals surface area contributed by atoms with Crippen LogP contribution in [0.4, 0.5) is 5.69 Å². The molecule has 0 fully saturated rings. The molecular weight excluding hydrogens is 328 g/mol. The Balaban J connectivity index is 1.76. The Kier molecular flexibility index (Phi) is 4.29. The minimum Gasteiger partial charge on any atom is -0.482 e. The fourth-order valence-electron chi connectivity index (χ4n) is 2.59. The van der Waals surface area contributed by atoms with Gasteiger partial charge in [-0.1, -0.05) is 23.8 Å². The zero-order valence-electron chi connectivity index (χ0n) is 13.4. The molecule has 0 atom stereocenters. The molecule has 1 aliphatic heterocycles. The van der Waals surface area contributed by atoms with E-state index in [-0.39, 0.29) is 24.0 Å². The molecule has 2 aromatic carbocycles. The molecule has 6 nitrogen and oxygen atoms in total. The normalized spacial score (nSPS) is 13.8. The van der Waals surface area contributed by atoms with Gasteiger partial charge in [0, 0.05) is 6.54 Å². The maximum Gasteiger partial charge on any atom is 0.262 e. The van der Waals surface area contributed by atoms with Gasteiger partial charge in [0.2, 0.25) is 10.0 Å². The molecule has 0 radical (unpaired) electrons. The lowest BCUT2D eigenvalue weighted by Crippen LogP contribution is -2.26. The van der Waals surface area contributed by atoms with E-state index in [2.05, 4.69) is 10.0 Å². The van der Waals surface area contributed by atoms with E-state index in [0.29, 0.717) is 17.0 Å². The van der Waals surface area contributed by atoms with Gasteiger partial charge in [-0.3, -0.25) is 4.79 Å². The topological polar surface area (TPSA) is 84.5 Å². The van der Waals surface area contributed by atoms with Crippen molar-refractivity contribution in [2.24, 2.45) is 0 Å². The van der Waals surface area contributed by atoms with Crippen molar-refractivity contribution in [3.05, 3.63) is 53.1 Å². The number of anilines is 1. The van der Waals surface area contributed by atoms with Crippen LogP contribution in [0.5, 0.6) is 5.75 Å². The van der Waals surface area contributed by atoms with E-state index in [4.69, 9.17) is 4.74 Å². The van der Waals surface area contributed by atoms with E-state index in [1.807, 2.05) is 13.0 Å². The molecule has 1 amide bonds. The van der Waals surface area contributed by atoms with Crippen LogP contribution in [-0.4, -0.2) is 20.9 Å². The van der Waals surface area contributed by atoms with Gasteiger partial charge in [0.15, 0.2) is 6.61 Å². The number of fused-ring (bicyclic) bond motifs is 1. The first-order valence-electron chi connectivity index (χ1n) is 7.48. The monoisotopic (exact) mass is 346 g/mol. The largest absolute Gasteiger partial charge is 0.482 e. The number of carbonyl (C=O) groups is 1. The molecule has 7 heteroatoms. The summed E-state index contributed by atoms with van der Waals surface area (Å²) in [7, 11) is -3.60. The van der Waals surface area contributed by atoms with Crippen molar-refractivity contribution in [1.82, 2.24) is 4.72 Å². The third-order valence-corrected chi connectivity index (χ3v) is 5.33. The van der Waals surface area contributed by atoms with E-state index < -0.39 is 10.0 Å². The van der Waals surface area contributed by atoms with E-state index in [9.17, 15) is 13.2 Å². The number of carbonyl (C=O) groups excluding carboxylic acids is 1. The minimum absolute atomic E-state index is 0.0370. The van der Waals surface area contributed by atoms with Crippen LogP contribution >= 0.6 is 0 Å². The molecule has 0 bridgehead atoms. The number of hydrogen-bond donors (Lipinski definition) is 2. The first kappa shape index (κ1) is 16.5. The van der Waals surface area contributed by atoms with Gasteiger partial charge in [-0.2, -0.15) is 0 Å². The van der Waals surface area contributed by atoms with Crippen molar-refractivity contribution in [3.63, 3.8) is 0 Å². The summed E-state index contributed by atoms with van der Waals surface area (Å²) in [5.74, 6) is 0.337. The molecule has 0 unspecified atom stereocenters. The lowest BCUT2D eigenvalue weighted by molar-refractivity contribution is -0.118. The third-order valence-electron chi connectivity index (χ3n) is 3.77. The van der Waals surface area contributed by atoms with Crippen molar-refractivity contribution < 1.29 is 17.9 Å². The number of sulfonamides is 1. The standard InChI is InChI=1S/C17H18N2O4S/c1-11-3-6-16(12(2)7-11)24(21,22)18-9-13-4-5-14-15(8-13)23-10-17(20)19-14/h3-8,18H,9-10H2,1-2H3,(H,19,20). The number of nitrogens with one attached hydrogen (secondary N) is 2. The zero-order chi connectivity index (χ0) is 17.3. The molecule has 0 spiro atoms. The maximum atomic E-state index is 12.5. The van der Waals surface area contributed by atoms with Crippen LogP contribution in [0.1, 0.15) is 16.7 Å². The van der Waals surface area contributed by atoms with Gasteiger partial charge in [0.05, 0.1) is 10.6 Å². The molecule has 2 aromatic rings. The highest BCUT2D eigenvalue weighted by Crippen LogP contribution is 2.28. The molecule has 24 heavy (non-hydrogen) atoms. The fourth-order valence-corrected chi connectivity index (χ4v) is 3.83. The Bertz CT molecular complexity index is 907. The fraction of sp³-hybridized carbons (Fsp3) is 0.235. The Morgan fingerprint density at radius 1 is 1.17 bits per heavy atom. The summed E-state index contributed by atoms with van der Waals surface area (Å²) in [6.07, 6.45) is 0. The summed E-state index contributed by atoms with van der Waals surface area (Å²) < 4.78 is 32.9. The molecule has 2 N–H and O–H groups in total. The lowest BCUT2D eigenvalue weighted by atomic mass is 10.2. The average Bonchev–Trinajstić information content (AvgIpc) is 2.52. The Morgan fingerprint density at radius 2 is 1.96 bits per heavy atom. The number of aryl methyl sites for hydroxylation is 2. The molecule has 0 aromatic heterocycles. The number of rotatable bonds is 4. The average molecular weight is 346 g/mol. The molecule has 0 saturated carbocycles. The Hall–Kier alpha value is -2.38.